The number of hydrogen-bond donors (Lipinski definition) is 2. The van der Waals surface area contributed by atoms with Gasteiger partial charge in [-0.15, -0.1) is 5.10 Å². The predicted octanol–water partition coefficient (Wildman–Crippen LogP) is 0.456. The van der Waals surface area contributed by atoms with Crippen molar-refractivity contribution in [3.63, 3.8) is 0 Å². The highest BCUT2D eigenvalue weighted by Gasteiger charge is 2.11. The minimum Gasteiger partial charge on any atom is -0.409 e. The first-order valence-corrected chi connectivity index (χ1v) is 5.48. The molecule has 0 radical (unpaired) electrons. The molecule has 88 valence electrons. The molecular weight excluding hydrogens is 240 g/mol. The maximum absolute atomic E-state index is 8.67. The molecule has 0 saturated carbocycles. The summed E-state index contributed by atoms with van der Waals surface area (Å²) in [5.74, 6) is 0.00582. The number of nitrogens with zero attached hydrogens (tertiary/aromatic N) is 5. The second-order valence-corrected chi connectivity index (χ2v) is 4.25. The van der Waals surface area contributed by atoms with Crippen LogP contribution >= 0.6 is 11.8 Å². The quantitative estimate of drug-likeness (QED) is 0.355. The zero-order chi connectivity index (χ0) is 12.3. The van der Waals surface area contributed by atoms with Gasteiger partial charge in [-0.3, -0.25) is 4.68 Å². The van der Waals surface area contributed by atoms with Crippen LogP contribution in [-0.4, -0.2) is 31.0 Å². The molecule has 0 aromatic carbocycles. The van der Waals surface area contributed by atoms with E-state index in [0.29, 0.717) is 10.6 Å². The number of nitrogens with two attached hydrogens (primary N) is 1. The van der Waals surface area contributed by atoms with Crippen molar-refractivity contribution in [2.75, 3.05) is 0 Å². The molecular formula is C9H10N6OS. The van der Waals surface area contributed by atoms with Crippen molar-refractivity contribution in [3.05, 3.63) is 30.2 Å². The van der Waals surface area contributed by atoms with Crippen LogP contribution in [0.3, 0.4) is 0 Å². The summed E-state index contributed by atoms with van der Waals surface area (Å²) in [7, 11) is 1.82. The van der Waals surface area contributed by atoms with E-state index in [4.69, 9.17) is 10.9 Å². The van der Waals surface area contributed by atoms with E-state index in [0.717, 1.165) is 4.90 Å². The second kappa shape index (κ2) is 4.83. The van der Waals surface area contributed by atoms with Crippen molar-refractivity contribution in [2.24, 2.45) is 17.9 Å². The Morgan fingerprint density at radius 2 is 2.41 bits per heavy atom. The number of hydrogen-bond acceptors (Lipinski definition) is 6. The van der Waals surface area contributed by atoms with Crippen molar-refractivity contribution < 1.29 is 5.21 Å². The van der Waals surface area contributed by atoms with Crippen LogP contribution in [0, 0.1) is 0 Å². The zero-order valence-corrected chi connectivity index (χ0v) is 9.79. The van der Waals surface area contributed by atoms with Gasteiger partial charge in [0.05, 0.1) is 22.9 Å². The third kappa shape index (κ3) is 2.53. The number of amidine groups is 1. The summed E-state index contributed by atoms with van der Waals surface area (Å²) in [5, 5.41) is 24.0. The van der Waals surface area contributed by atoms with Gasteiger partial charge < -0.3 is 10.9 Å². The molecule has 0 bridgehead atoms. The summed E-state index contributed by atoms with van der Waals surface area (Å²) in [5.41, 5.74) is 6.09. The van der Waals surface area contributed by atoms with Crippen LogP contribution in [0.2, 0.25) is 0 Å². The van der Waals surface area contributed by atoms with Gasteiger partial charge in [0.25, 0.3) is 0 Å². The normalized spacial score (nSPS) is 11.7. The Kier molecular flexibility index (Phi) is 3.24. The molecule has 8 heteroatoms. The molecule has 0 aliphatic rings. The maximum Gasteiger partial charge on any atom is 0.172 e. The summed E-state index contributed by atoms with van der Waals surface area (Å²) >= 11 is 1.35. The summed E-state index contributed by atoms with van der Waals surface area (Å²) in [6, 6.07) is 1.64. The zero-order valence-electron chi connectivity index (χ0n) is 8.98. The molecule has 0 aliphatic heterocycles. The van der Waals surface area contributed by atoms with Crippen molar-refractivity contribution in [3.8, 4) is 0 Å². The van der Waals surface area contributed by atoms with Gasteiger partial charge in [0, 0.05) is 13.2 Å². The molecule has 0 unspecified atom stereocenters. The monoisotopic (exact) mass is 250 g/mol. The third-order valence-electron chi connectivity index (χ3n) is 1.97. The molecule has 2 rings (SSSR count). The van der Waals surface area contributed by atoms with Crippen molar-refractivity contribution in [1.29, 1.82) is 0 Å². The minimum absolute atomic E-state index is 0.00582. The molecule has 0 atom stereocenters. The summed E-state index contributed by atoms with van der Waals surface area (Å²) in [6.45, 7) is 0. The van der Waals surface area contributed by atoms with Gasteiger partial charge in [0.15, 0.2) is 5.84 Å². The topological polar surface area (TPSA) is 102 Å². The number of oxime groups is 1. The molecule has 2 aromatic heterocycles. The van der Waals surface area contributed by atoms with E-state index < -0.39 is 0 Å². The van der Waals surface area contributed by atoms with E-state index in [9.17, 15) is 0 Å². The SMILES string of the molecule is Cn1cc(Sc2nnccc2/C(N)=N/O)cn1. The van der Waals surface area contributed by atoms with E-state index in [2.05, 4.69) is 20.5 Å². The fraction of sp³-hybridized carbons (Fsp3) is 0.111. The Morgan fingerprint density at radius 1 is 1.59 bits per heavy atom. The highest BCUT2D eigenvalue weighted by atomic mass is 32.2. The van der Waals surface area contributed by atoms with E-state index in [1.165, 1.54) is 18.0 Å². The van der Waals surface area contributed by atoms with Crippen LogP contribution in [0.1, 0.15) is 5.56 Å². The smallest absolute Gasteiger partial charge is 0.172 e. The van der Waals surface area contributed by atoms with Crippen molar-refractivity contribution in [1.82, 2.24) is 20.0 Å². The summed E-state index contributed by atoms with van der Waals surface area (Å²) in [4.78, 5) is 0.903. The van der Waals surface area contributed by atoms with Gasteiger partial charge in [0.2, 0.25) is 0 Å². The predicted molar refractivity (Wildman–Crippen MR) is 61.9 cm³/mol. The van der Waals surface area contributed by atoms with Crippen LogP contribution in [0.15, 0.2) is 39.7 Å². The van der Waals surface area contributed by atoms with Gasteiger partial charge in [-0.05, 0) is 6.07 Å². The van der Waals surface area contributed by atoms with Gasteiger partial charge >= 0.3 is 0 Å². The first-order chi connectivity index (χ1) is 8.20. The van der Waals surface area contributed by atoms with E-state index in [1.54, 1.807) is 16.9 Å². The molecule has 0 saturated heterocycles. The Balaban J connectivity index is 2.32. The molecule has 0 fully saturated rings. The molecule has 0 spiro atoms. The molecule has 2 aromatic rings. The average Bonchev–Trinajstić information content (AvgIpc) is 2.74. The van der Waals surface area contributed by atoms with E-state index >= 15 is 0 Å². The van der Waals surface area contributed by atoms with Crippen LogP contribution in [-0.2, 0) is 7.05 Å². The number of rotatable bonds is 3. The largest absolute Gasteiger partial charge is 0.409 e. The van der Waals surface area contributed by atoms with Crippen molar-refractivity contribution >= 4 is 17.6 Å². The Labute approximate surface area is 101 Å². The van der Waals surface area contributed by atoms with E-state index in [-0.39, 0.29) is 5.84 Å². The van der Waals surface area contributed by atoms with E-state index in [1.807, 2.05) is 13.2 Å². The third-order valence-corrected chi connectivity index (χ3v) is 2.91. The highest BCUT2D eigenvalue weighted by Crippen LogP contribution is 2.27. The van der Waals surface area contributed by atoms with Gasteiger partial charge in [-0.2, -0.15) is 10.2 Å². The number of aryl methyl sites for hydroxylation is 1. The summed E-state index contributed by atoms with van der Waals surface area (Å²) in [6.07, 6.45) is 5.03. The van der Waals surface area contributed by atoms with Gasteiger partial charge in [0.1, 0.15) is 5.03 Å². The van der Waals surface area contributed by atoms with Crippen molar-refractivity contribution in [2.45, 2.75) is 9.92 Å². The standard InChI is InChI=1S/C9H10N6OS/c1-15-5-6(4-12-15)17-9-7(8(10)14-16)2-3-11-13-9/h2-5,16H,1H3,(H2,10,14). The molecule has 3 N–H and O–H groups in total. The van der Waals surface area contributed by atoms with Crippen LogP contribution < -0.4 is 5.73 Å². The Morgan fingerprint density at radius 3 is 3.06 bits per heavy atom. The van der Waals surface area contributed by atoms with Crippen LogP contribution in [0.5, 0.6) is 0 Å². The van der Waals surface area contributed by atoms with Gasteiger partial charge in [-0.25, -0.2) is 0 Å². The lowest BCUT2D eigenvalue weighted by Crippen LogP contribution is -2.15. The maximum atomic E-state index is 8.67. The molecule has 7 nitrogen and oxygen atoms in total. The fourth-order valence-electron chi connectivity index (χ4n) is 1.21. The lowest BCUT2D eigenvalue weighted by molar-refractivity contribution is 0.318. The molecule has 0 amide bonds. The molecule has 17 heavy (non-hydrogen) atoms. The average molecular weight is 250 g/mol. The Bertz CT molecular complexity index is 552. The summed E-state index contributed by atoms with van der Waals surface area (Å²) < 4.78 is 1.68. The lowest BCUT2D eigenvalue weighted by atomic mass is 10.3. The van der Waals surface area contributed by atoms with Crippen LogP contribution in [0.4, 0.5) is 0 Å². The second-order valence-electron chi connectivity index (χ2n) is 3.19. The Hall–Kier alpha value is -2.09. The fourth-order valence-corrected chi connectivity index (χ4v) is 2.11. The van der Waals surface area contributed by atoms with Gasteiger partial charge in [-0.1, -0.05) is 16.9 Å². The highest BCUT2D eigenvalue weighted by molar-refractivity contribution is 7.99. The minimum atomic E-state index is 0.00582. The molecule has 2 heterocycles. The first kappa shape index (κ1) is 11.4. The van der Waals surface area contributed by atoms with Crippen LogP contribution in [0.25, 0.3) is 0 Å². The first-order valence-electron chi connectivity index (χ1n) is 4.67. The number of aromatic nitrogens is 4. The molecule has 0 aliphatic carbocycles. The lowest BCUT2D eigenvalue weighted by Gasteiger charge is -2.03.